The van der Waals surface area contributed by atoms with Gasteiger partial charge in [0.2, 0.25) is 5.91 Å². The SMILES string of the molecule is Cc1cccc(CCC(=O)N2CCN(c3ccc(-n4cccn4)nn3)CC2)c1. The second-order valence-corrected chi connectivity index (χ2v) is 7.06. The first kappa shape index (κ1) is 18.2. The topological polar surface area (TPSA) is 67.2 Å². The predicted molar refractivity (Wildman–Crippen MR) is 107 cm³/mol. The Hall–Kier alpha value is -3.22. The number of hydrogen-bond acceptors (Lipinski definition) is 5. The number of piperazine rings is 1. The highest BCUT2D eigenvalue weighted by atomic mass is 16.2. The van der Waals surface area contributed by atoms with E-state index in [1.807, 2.05) is 35.4 Å². The van der Waals surface area contributed by atoms with Crippen molar-refractivity contribution in [3.8, 4) is 5.82 Å². The number of hydrogen-bond donors (Lipinski definition) is 0. The minimum Gasteiger partial charge on any atom is -0.352 e. The number of anilines is 1. The molecule has 0 radical (unpaired) electrons. The van der Waals surface area contributed by atoms with Crippen molar-refractivity contribution < 1.29 is 4.79 Å². The van der Waals surface area contributed by atoms with Crippen molar-refractivity contribution in [2.75, 3.05) is 31.1 Å². The van der Waals surface area contributed by atoms with Gasteiger partial charge in [0.05, 0.1) is 0 Å². The zero-order valence-corrected chi connectivity index (χ0v) is 16.0. The highest BCUT2D eigenvalue weighted by Crippen LogP contribution is 2.15. The molecule has 3 heterocycles. The summed E-state index contributed by atoms with van der Waals surface area (Å²) in [5.41, 5.74) is 2.46. The van der Waals surface area contributed by atoms with E-state index in [0.29, 0.717) is 12.2 Å². The Morgan fingerprint density at radius 2 is 1.79 bits per heavy atom. The smallest absolute Gasteiger partial charge is 0.223 e. The van der Waals surface area contributed by atoms with Crippen LogP contribution in [0.4, 0.5) is 5.82 Å². The maximum atomic E-state index is 12.5. The second kappa shape index (κ2) is 8.21. The second-order valence-electron chi connectivity index (χ2n) is 7.06. The molecular formula is C21H24N6O. The highest BCUT2D eigenvalue weighted by Gasteiger charge is 2.22. The van der Waals surface area contributed by atoms with E-state index in [4.69, 9.17) is 0 Å². The molecule has 7 nitrogen and oxygen atoms in total. The van der Waals surface area contributed by atoms with Crippen molar-refractivity contribution >= 4 is 11.7 Å². The van der Waals surface area contributed by atoms with Gasteiger partial charge in [-0.25, -0.2) is 4.68 Å². The molecule has 0 bridgehead atoms. The Bertz CT molecular complexity index is 914. The highest BCUT2D eigenvalue weighted by molar-refractivity contribution is 5.76. The Kier molecular flexibility index (Phi) is 5.32. The van der Waals surface area contributed by atoms with Crippen molar-refractivity contribution in [2.24, 2.45) is 0 Å². The minimum absolute atomic E-state index is 0.223. The van der Waals surface area contributed by atoms with Gasteiger partial charge in [-0.05, 0) is 37.1 Å². The molecule has 3 aromatic rings. The van der Waals surface area contributed by atoms with Gasteiger partial charge in [0.25, 0.3) is 0 Å². The molecule has 1 aliphatic heterocycles. The van der Waals surface area contributed by atoms with Crippen LogP contribution in [0.15, 0.2) is 54.9 Å². The van der Waals surface area contributed by atoms with Gasteiger partial charge >= 0.3 is 0 Å². The van der Waals surface area contributed by atoms with Crippen molar-refractivity contribution in [3.63, 3.8) is 0 Å². The number of carbonyl (C=O) groups excluding carboxylic acids is 1. The van der Waals surface area contributed by atoms with E-state index in [1.165, 1.54) is 11.1 Å². The van der Waals surface area contributed by atoms with Gasteiger partial charge in [0, 0.05) is 45.0 Å². The summed E-state index contributed by atoms with van der Waals surface area (Å²) in [6, 6.07) is 14.1. The van der Waals surface area contributed by atoms with Crippen LogP contribution in [0.25, 0.3) is 5.82 Å². The van der Waals surface area contributed by atoms with Gasteiger partial charge in [0.1, 0.15) is 0 Å². The molecule has 0 saturated carbocycles. The molecule has 4 rings (SSSR count). The number of benzene rings is 1. The monoisotopic (exact) mass is 376 g/mol. The molecule has 0 unspecified atom stereocenters. The van der Waals surface area contributed by atoms with Crippen molar-refractivity contribution in [3.05, 3.63) is 66.0 Å². The van der Waals surface area contributed by atoms with Crippen LogP contribution in [0, 0.1) is 6.92 Å². The van der Waals surface area contributed by atoms with Crippen molar-refractivity contribution in [1.29, 1.82) is 0 Å². The average molecular weight is 376 g/mol. The molecule has 1 fully saturated rings. The third-order valence-corrected chi connectivity index (χ3v) is 5.04. The summed E-state index contributed by atoms with van der Waals surface area (Å²) in [5, 5.41) is 12.7. The molecule has 1 aliphatic rings. The summed E-state index contributed by atoms with van der Waals surface area (Å²) < 4.78 is 1.68. The molecule has 0 spiro atoms. The number of aryl methyl sites for hydroxylation is 2. The normalized spacial score (nSPS) is 14.3. The van der Waals surface area contributed by atoms with E-state index in [9.17, 15) is 4.79 Å². The first-order valence-electron chi connectivity index (χ1n) is 9.61. The number of aromatic nitrogens is 4. The van der Waals surface area contributed by atoms with E-state index in [2.05, 4.69) is 45.3 Å². The van der Waals surface area contributed by atoms with E-state index in [-0.39, 0.29) is 5.91 Å². The van der Waals surface area contributed by atoms with Gasteiger partial charge < -0.3 is 9.80 Å². The van der Waals surface area contributed by atoms with E-state index < -0.39 is 0 Å². The van der Waals surface area contributed by atoms with Crippen LogP contribution in [0.2, 0.25) is 0 Å². The van der Waals surface area contributed by atoms with Gasteiger partial charge in [0.15, 0.2) is 11.6 Å². The zero-order valence-electron chi connectivity index (χ0n) is 16.0. The fourth-order valence-electron chi connectivity index (χ4n) is 3.48. The number of rotatable bonds is 5. The third kappa shape index (κ3) is 4.19. The molecule has 7 heteroatoms. The van der Waals surface area contributed by atoms with Crippen LogP contribution >= 0.6 is 0 Å². The lowest BCUT2D eigenvalue weighted by atomic mass is 10.1. The van der Waals surface area contributed by atoms with E-state index in [1.54, 1.807) is 10.9 Å². The summed E-state index contributed by atoms with van der Waals surface area (Å²) >= 11 is 0. The molecule has 0 aliphatic carbocycles. The quantitative estimate of drug-likeness (QED) is 0.683. The molecule has 1 aromatic carbocycles. The van der Waals surface area contributed by atoms with E-state index in [0.717, 1.165) is 38.4 Å². The standard InChI is InChI=1S/C21H24N6O/c1-17-4-2-5-18(16-17)6-9-21(28)26-14-12-25(13-15-26)19-7-8-20(24-23-19)27-11-3-10-22-27/h2-5,7-8,10-11,16H,6,9,12-15H2,1H3. The first-order valence-corrected chi connectivity index (χ1v) is 9.61. The lowest BCUT2D eigenvalue weighted by Crippen LogP contribution is -2.49. The summed E-state index contributed by atoms with van der Waals surface area (Å²) in [6.07, 6.45) is 4.90. The molecule has 1 saturated heterocycles. The summed E-state index contributed by atoms with van der Waals surface area (Å²) in [5.74, 6) is 1.75. The Balaban J connectivity index is 1.28. The molecule has 0 atom stereocenters. The predicted octanol–water partition coefficient (Wildman–Crippen LogP) is 2.25. The fraction of sp³-hybridized carbons (Fsp3) is 0.333. The Morgan fingerprint density at radius 1 is 1.00 bits per heavy atom. The van der Waals surface area contributed by atoms with Crippen LogP contribution in [0.3, 0.4) is 0 Å². The zero-order chi connectivity index (χ0) is 19.3. The summed E-state index contributed by atoms with van der Waals surface area (Å²) in [7, 11) is 0. The largest absolute Gasteiger partial charge is 0.352 e. The van der Waals surface area contributed by atoms with Gasteiger partial charge in [-0.1, -0.05) is 29.8 Å². The lowest BCUT2D eigenvalue weighted by Gasteiger charge is -2.35. The number of amides is 1. The Morgan fingerprint density at radius 3 is 2.46 bits per heavy atom. The van der Waals surface area contributed by atoms with Crippen LogP contribution in [0.1, 0.15) is 17.5 Å². The average Bonchev–Trinajstić information content (AvgIpc) is 3.27. The minimum atomic E-state index is 0.223. The molecule has 144 valence electrons. The van der Waals surface area contributed by atoms with Crippen molar-refractivity contribution in [1.82, 2.24) is 24.9 Å². The molecular weight excluding hydrogens is 352 g/mol. The van der Waals surface area contributed by atoms with Crippen LogP contribution in [0.5, 0.6) is 0 Å². The maximum Gasteiger partial charge on any atom is 0.223 e. The summed E-state index contributed by atoms with van der Waals surface area (Å²) in [6.45, 7) is 5.05. The van der Waals surface area contributed by atoms with Gasteiger partial charge in [-0.3, -0.25) is 4.79 Å². The molecule has 0 N–H and O–H groups in total. The molecule has 1 amide bonds. The first-order chi connectivity index (χ1) is 13.7. The molecule has 28 heavy (non-hydrogen) atoms. The van der Waals surface area contributed by atoms with E-state index >= 15 is 0 Å². The maximum absolute atomic E-state index is 12.5. The summed E-state index contributed by atoms with van der Waals surface area (Å²) in [4.78, 5) is 16.7. The third-order valence-electron chi connectivity index (χ3n) is 5.04. The van der Waals surface area contributed by atoms with Crippen LogP contribution in [-0.2, 0) is 11.2 Å². The van der Waals surface area contributed by atoms with Gasteiger partial charge in [-0.15, -0.1) is 10.2 Å². The molecule has 2 aromatic heterocycles. The van der Waals surface area contributed by atoms with Crippen LogP contribution in [-0.4, -0.2) is 57.0 Å². The fourth-order valence-corrected chi connectivity index (χ4v) is 3.48. The number of nitrogens with zero attached hydrogens (tertiary/aromatic N) is 6. The Labute approximate surface area is 164 Å². The lowest BCUT2D eigenvalue weighted by molar-refractivity contribution is -0.131. The van der Waals surface area contributed by atoms with Crippen LogP contribution < -0.4 is 4.90 Å². The van der Waals surface area contributed by atoms with Gasteiger partial charge in [-0.2, -0.15) is 5.10 Å². The number of carbonyl (C=O) groups is 1. The van der Waals surface area contributed by atoms with Crippen molar-refractivity contribution in [2.45, 2.75) is 19.8 Å².